The zero-order valence-electron chi connectivity index (χ0n) is 8.66. The highest BCUT2D eigenvalue weighted by Crippen LogP contribution is 2.37. The van der Waals surface area contributed by atoms with E-state index in [1.54, 1.807) is 12.1 Å². The molecule has 2 rings (SSSR count). The van der Waals surface area contributed by atoms with Gasteiger partial charge in [-0.2, -0.15) is 8.42 Å². The Hall–Kier alpha value is -1.44. The van der Waals surface area contributed by atoms with Gasteiger partial charge in [0.1, 0.15) is 17.1 Å². The second kappa shape index (κ2) is 3.80. The summed E-state index contributed by atoms with van der Waals surface area (Å²) in [6.07, 6.45) is -0.510. The van der Waals surface area contributed by atoms with Crippen LogP contribution >= 0.6 is 0 Å². The SMILES string of the molecule is O=C1CC(O)(CS(=O)(=O)O)c2ccccc2O1. The minimum Gasteiger partial charge on any atom is -0.426 e. The van der Waals surface area contributed by atoms with Crippen LogP contribution in [0.5, 0.6) is 5.75 Å². The molecule has 0 aliphatic carbocycles. The van der Waals surface area contributed by atoms with Gasteiger partial charge in [-0.1, -0.05) is 18.2 Å². The summed E-state index contributed by atoms with van der Waals surface area (Å²) < 4.78 is 35.4. The predicted molar refractivity (Wildman–Crippen MR) is 57.0 cm³/mol. The number of esters is 1. The van der Waals surface area contributed by atoms with Crippen molar-refractivity contribution in [1.29, 1.82) is 0 Å². The summed E-state index contributed by atoms with van der Waals surface area (Å²) in [4.78, 5) is 11.3. The third-order valence-corrected chi connectivity index (χ3v) is 3.31. The number of rotatable bonds is 2. The molecule has 6 nitrogen and oxygen atoms in total. The topological polar surface area (TPSA) is 101 Å². The standard InChI is InChI=1S/C10H10O6S/c11-9-5-10(12,6-17(13,14)15)7-3-1-2-4-8(7)16-9/h1-4,12H,5-6H2,(H,13,14,15). The fourth-order valence-electron chi connectivity index (χ4n) is 1.86. The summed E-state index contributed by atoms with van der Waals surface area (Å²) in [5.41, 5.74) is -1.77. The summed E-state index contributed by atoms with van der Waals surface area (Å²) in [6.45, 7) is 0. The van der Waals surface area contributed by atoms with E-state index in [0.717, 1.165) is 0 Å². The molecule has 2 N–H and O–H groups in total. The van der Waals surface area contributed by atoms with Crippen molar-refractivity contribution in [2.75, 3.05) is 5.75 Å². The molecule has 0 aromatic heterocycles. The summed E-state index contributed by atoms with van der Waals surface area (Å²) in [6, 6.07) is 6.06. The fourth-order valence-corrected chi connectivity index (χ4v) is 2.72. The van der Waals surface area contributed by atoms with Crippen molar-refractivity contribution in [3.63, 3.8) is 0 Å². The Bertz CT molecular complexity index is 564. The van der Waals surface area contributed by atoms with Crippen molar-refractivity contribution >= 4 is 16.1 Å². The lowest BCUT2D eigenvalue weighted by molar-refractivity contribution is -0.142. The Morgan fingerprint density at radius 1 is 1.35 bits per heavy atom. The van der Waals surface area contributed by atoms with Gasteiger partial charge < -0.3 is 9.84 Å². The van der Waals surface area contributed by atoms with Crippen LogP contribution in [-0.4, -0.2) is 29.8 Å². The third kappa shape index (κ3) is 2.46. The zero-order valence-corrected chi connectivity index (χ0v) is 9.48. The molecule has 1 atom stereocenters. The van der Waals surface area contributed by atoms with Crippen molar-refractivity contribution in [3.8, 4) is 5.75 Å². The molecule has 0 bridgehead atoms. The number of hydrogen-bond donors (Lipinski definition) is 2. The minimum atomic E-state index is -4.41. The Kier molecular flexibility index (Phi) is 2.69. The van der Waals surface area contributed by atoms with Gasteiger partial charge in [0.05, 0.1) is 6.42 Å². The maximum Gasteiger partial charge on any atom is 0.314 e. The normalized spacial score (nSPS) is 24.0. The molecule has 7 heteroatoms. The first-order valence-electron chi connectivity index (χ1n) is 4.78. The van der Waals surface area contributed by atoms with Crippen LogP contribution in [0.2, 0.25) is 0 Å². The molecule has 1 aromatic carbocycles. The van der Waals surface area contributed by atoms with Gasteiger partial charge in [0.15, 0.2) is 0 Å². The molecule has 0 radical (unpaired) electrons. The van der Waals surface area contributed by atoms with Crippen LogP contribution in [0.3, 0.4) is 0 Å². The van der Waals surface area contributed by atoms with Crippen molar-refractivity contribution in [2.45, 2.75) is 12.0 Å². The van der Waals surface area contributed by atoms with Crippen LogP contribution < -0.4 is 4.74 Å². The van der Waals surface area contributed by atoms with E-state index in [4.69, 9.17) is 9.29 Å². The average molecular weight is 258 g/mol. The number of ether oxygens (including phenoxy) is 1. The van der Waals surface area contributed by atoms with E-state index < -0.39 is 33.9 Å². The lowest BCUT2D eigenvalue weighted by atomic mass is 9.90. The Morgan fingerprint density at radius 2 is 2.00 bits per heavy atom. The van der Waals surface area contributed by atoms with E-state index in [0.29, 0.717) is 0 Å². The molecular weight excluding hydrogens is 248 g/mol. The maximum absolute atomic E-state index is 11.3. The monoisotopic (exact) mass is 258 g/mol. The highest BCUT2D eigenvalue weighted by Gasteiger charge is 2.42. The van der Waals surface area contributed by atoms with Crippen LogP contribution in [-0.2, 0) is 20.5 Å². The molecule has 92 valence electrons. The Labute approximate surface area is 97.6 Å². The summed E-state index contributed by atoms with van der Waals surface area (Å²) in [5.74, 6) is -1.57. The molecule has 1 aliphatic heterocycles. The fraction of sp³-hybridized carbons (Fsp3) is 0.300. The number of carbonyl (C=O) groups excluding carboxylic acids is 1. The summed E-state index contributed by atoms with van der Waals surface area (Å²) in [5, 5.41) is 10.2. The molecule has 0 saturated carbocycles. The Morgan fingerprint density at radius 3 is 2.65 bits per heavy atom. The van der Waals surface area contributed by atoms with Gasteiger partial charge in [-0.3, -0.25) is 9.35 Å². The van der Waals surface area contributed by atoms with Crippen LogP contribution in [0.4, 0.5) is 0 Å². The van der Waals surface area contributed by atoms with E-state index in [-0.39, 0.29) is 11.3 Å². The number of carbonyl (C=O) groups is 1. The maximum atomic E-state index is 11.3. The van der Waals surface area contributed by atoms with Gasteiger partial charge in [0.25, 0.3) is 10.1 Å². The molecule has 0 saturated heterocycles. The number of benzene rings is 1. The van der Waals surface area contributed by atoms with Gasteiger partial charge in [-0.15, -0.1) is 0 Å². The average Bonchev–Trinajstić information content (AvgIpc) is 2.13. The molecule has 0 spiro atoms. The van der Waals surface area contributed by atoms with E-state index in [9.17, 15) is 18.3 Å². The molecule has 1 aromatic rings. The van der Waals surface area contributed by atoms with E-state index in [2.05, 4.69) is 0 Å². The largest absolute Gasteiger partial charge is 0.426 e. The zero-order chi connectivity index (χ0) is 12.7. The number of aliphatic hydroxyl groups is 1. The first-order chi connectivity index (χ1) is 7.80. The van der Waals surface area contributed by atoms with Gasteiger partial charge in [-0.25, -0.2) is 0 Å². The first kappa shape index (κ1) is 12.0. The van der Waals surface area contributed by atoms with Crippen molar-refractivity contribution in [1.82, 2.24) is 0 Å². The van der Waals surface area contributed by atoms with Crippen LogP contribution in [0.25, 0.3) is 0 Å². The molecular formula is C10H10O6S. The van der Waals surface area contributed by atoms with Crippen LogP contribution in [0.15, 0.2) is 24.3 Å². The van der Waals surface area contributed by atoms with Gasteiger partial charge in [0.2, 0.25) is 0 Å². The lowest BCUT2D eigenvalue weighted by Crippen LogP contribution is -2.41. The predicted octanol–water partition coefficient (Wildman–Crippen LogP) is 0.0711. The Balaban J connectivity index is 2.52. The first-order valence-corrected chi connectivity index (χ1v) is 6.39. The minimum absolute atomic E-state index is 0.106. The van der Waals surface area contributed by atoms with E-state index in [1.807, 2.05) is 0 Å². The highest BCUT2D eigenvalue weighted by atomic mass is 32.2. The molecule has 17 heavy (non-hydrogen) atoms. The van der Waals surface area contributed by atoms with E-state index >= 15 is 0 Å². The smallest absolute Gasteiger partial charge is 0.314 e. The second-order valence-electron chi connectivity index (χ2n) is 3.90. The van der Waals surface area contributed by atoms with Crippen molar-refractivity contribution in [2.24, 2.45) is 0 Å². The molecule has 1 heterocycles. The van der Waals surface area contributed by atoms with Gasteiger partial charge in [-0.05, 0) is 6.07 Å². The number of fused-ring (bicyclic) bond motifs is 1. The molecule has 1 unspecified atom stereocenters. The molecule has 0 fully saturated rings. The van der Waals surface area contributed by atoms with Crippen molar-refractivity contribution in [3.05, 3.63) is 29.8 Å². The van der Waals surface area contributed by atoms with E-state index in [1.165, 1.54) is 12.1 Å². The second-order valence-corrected chi connectivity index (χ2v) is 5.36. The highest BCUT2D eigenvalue weighted by molar-refractivity contribution is 7.85. The van der Waals surface area contributed by atoms with Crippen LogP contribution in [0.1, 0.15) is 12.0 Å². The number of hydrogen-bond acceptors (Lipinski definition) is 5. The quantitative estimate of drug-likeness (QED) is 0.442. The van der Waals surface area contributed by atoms with Crippen molar-refractivity contribution < 1.29 is 27.6 Å². The lowest BCUT2D eigenvalue weighted by Gasteiger charge is -2.31. The summed E-state index contributed by atoms with van der Waals surface area (Å²) in [7, 11) is -4.41. The van der Waals surface area contributed by atoms with Gasteiger partial charge in [0, 0.05) is 5.56 Å². The van der Waals surface area contributed by atoms with Crippen LogP contribution in [0, 0.1) is 0 Å². The number of para-hydroxylation sites is 1. The molecule has 0 amide bonds. The summed E-state index contributed by atoms with van der Waals surface area (Å²) >= 11 is 0. The molecule has 1 aliphatic rings. The van der Waals surface area contributed by atoms with Gasteiger partial charge >= 0.3 is 5.97 Å². The third-order valence-electron chi connectivity index (χ3n) is 2.47.